The van der Waals surface area contributed by atoms with Gasteiger partial charge >= 0.3 is 0 Å². The number of hydrogen-bond acceptors (Lipinski definition) is 4. The number of carbonyl (C=O) groups is 3. The highest BCUT2D eigenvalue weighted by atomic mass is 79.9. The van der Waals surface area contributed by atoms with Crippen LogP contribution in [0.15, 0.2) is 47.2 Å². The maximum Gasteiger partial charge on any atom is 0.261 e. The Balaban J connectivity index is 1.59. The number of hydrogen-bond donors (Lipinski definition) is 0. The molecule has 0 N–H and O–H groups in total. The lowest BCUT2D eigenvalue weighted by Gasteiger charge is -2.27. The van der Waals surface area contributed by atoms with Crippen molar-refractivity contribution in [1.29, 1.82) is 0 Å². The van der Waals surface area contributed by atoms with Crippen molar-refractivity contribution < 1.29 is 14.4 Å². The molecule has 1 aromatic heterocycles. The first-order chi connectivity index (χ1) is 13.4. The zero-order valence-electron chi connectivity index (χ0n) is 15.9. The van der Waals surface area contributed by atoms with Crippen molar-refractivity contribution in [2.24, 2.45) is 0 Å². The maximum absolute atomic E-state index is 12.7. The van der Waals surface area contributed by atoms with Gasteiger partial charge in [0, 0.05) is 42.4 Å². The van der Waals surface area contributed by atoms with Gasteiger partial charge in [-0.05, 0) is 50.1 Å². The molecule has 6 nitrogen and oxygen atoms in total. The van der Waals surface area contributed by atoms with E-state index in [9.17, 15) is 14.4 Å². The van der Waals surface area contributed by atoms with Gasteiger partial charge in [-0.25, -0.2) is 0 Å². The third-order valence-corrected chi connectivity index (χ3v) is 5.22. The molecule has 0 bridgehead atoms. The molecule has 28 heavy (non-hydrogen) atoms. The summed E-state index contributed by atoms with van der Waals surface area (Å²) < 4.78 is 0.757. The number of rotatable bonds is 7. The summed E-state index contributed by atoms with van der Waals surface area (Å²) in [5, 5.41) is 0. The molecule has 0 spiro atoms. The van der Waals surface area contributed by atoms with E-state index in [2.05, 4.69) is 20.9 Å². The van der Waals surface area contributed by atoms with Crippen molar-refractivity contribution in [3.05, 3.63) is 63.9 Å². The van der Waals surface area contributed by atoms with Crippen LogP contribution in [-0.4, -0.2) is 45.1 Å². The molecule has 2 heterocycles. The number of fused-ring (bicyclic) bond motifs is 1. The highest BCUT2D eigenvalue weighted by Gasteiger charge is 2.35. The van der Waals surface area contributed by atoms with Gasteiger partial charge in [0.2, 0.25) is 5.91 Å². The van der Waals surface area contributed by atoms with Crippen LogP contribution in [0.1, 0.15) is 53.0 Å². The van der Waals surface area contributed by atoms with Crippen LogP contribution in [0.25, 0.3) is 0 Å². The van der Waals surface area contributed by atoms with E-state index < -0.39 is 0 Å². The molecule has 0 unspecified atom stereocenters. The molecular formula is C21H22BrN3O3. The van der Waals surface area contributed by atoms with Crippen LogP contribution in [0.5, 0.6) is 0 Å². The minimum absolute atomic E-state index is 0.00166. The summed E-state index contributed by atoms with van der Waals surface area (Å²) in [7, 11) is 0. The lowest BCUT2D eigenvalue weighted by Crippen LogP contribution is -2.37. The van der Waals surface area contributed by atoms with E-state index in [4.69, 9.17) is 0 Å². The lowest BCUT2D eigenvalue weighted by atomic mass is 10.1. The van der Waals surface area contributed by atoms with Crippen molar-refractivity contribution in [2.45, 2.75) is 39.3 Å². The highest BCUT2D eigenvalue weighted by molar-refractivity contribution is 9.10. The van der Waals surface area contributed by atoms with Crippen LogP contribution in [-0.2, 0) is 11.3 Å². The number of aromatic nitrogens is 1. The molecule has 146 valence electrons. The van der Waals surface area contributed by atoms with Crippen LogP contribution in [0.4, 0.5) is 0 Å². The molecule has 2 aromatic rings. The zero-order valence-corrected chi connectivity index (χ0v) is 17.5. The SMILES string of the molecule is CC(C)N(Cc1cccnc1)C(=O)CCCN1C(=O)c2ccc(Br)cc2C1=O. The number of nitrogens with zero attached hydrogens (tertiary/aromatic N) is 3. The van der Waals surface area contributed by atoms with Gasteiger partial charge in [-0.1, -0.05) is 22.0 Å². The van der Waals surface area contributed by atoms with Gasteiger partial charge in [0.1, 0.15) is 0 Å². The van der Waals surface area contributed by atoms with E-state index in [1.165, 1.54) is 4.90 Å². The van der Waals surface area contributed by atoms with E-state index in [0.717, 1.165) is 10.0 Å². The Morgan fingerprint density at radius 1 is 1.18 bits per heavy atom. The van der Waals surface area contributed by atoms with Crippen molar-refractivity contribution in [3.8, 4) is 0 Å². The van der Waals surface area contributed by atoms with Crippen LogP contribution in [0, 0.1) is 0 Å². The predicted molar refractivity (Wildman–Crippen MR) is 109 cm³/mol. The fraction of sp³-hybridized carbons (Fsp3) is 0.333. The first kappa shape index (κ1) is 20.2. The van der Waals surface area contributed by atoms with Crippen LogP contribution >= 0.6 is 15.9 Å². The Hall–Kier alpha value is -2.54. The normalized spacial score (nSPS) is 13.2. The number of pyridine rings is 1. The van der Waals surface area contributed by atoms with Gasteiger partial charge in [-0.15, -0.1) is 0 Å². The summed E-state index contributed by atoms with van der Waals surface area (Å²) >= 11 is 3.32. The van der Waals surface area contributed by atoms with Crippen LogP contribution < -0.4 is 0 Å². The minimum atomic E-state index is -0.301. The topological polar surface area (TPSA) is 70.6 Å². The largest absolute Gasteiger partial charge is 0.336 e. The summed E-state index contributed by atoms with van der Waals surface area (Å²) in [4.78, 5) is 44.8. The minimum Gasteiger partial charge on any atom is -0.336 e. The summed E-state index contributed by atoms with van der Waals surface area (Å²) in [6.45, 7) is 4.66. The molecule has 0 radical (unpaired) electrons. The molecule has 1 aliphatic rings. The molecule has 0 saturated carbocycles. The van der Waals surface area contributed by atoms with Crippen molar-refractivity contribution in [1.82, 2.24) is 14.8 Å². The third-order valence-electron chi connectivity index (χ3n) is 4.72. The predicted octanol–water partition coefficient (Wildman–Crippen LogP) is 3.66. The Morgan fingerprint density at radius 3 is 2.61 bits per heavy atom. The number of benzene rings is 1. The monoisotopic (exact) mass is 443 g/mol. The fourth-order valence-electron chi connectivity index (χ4n) is 3.25. The van der Waals surface area contributed by atoms with E-state index >= 15 is 0 Å². The molecule has 1 aromatic carbocycles. The van der Waals surface area contributed by atoms with E-state index in [1.807, 2.05) is 26.0 Å². The second-order valence-electron chi connectivity index (χ2n) is 7.03. The third kappa shape index (κ3) is 4.30. The number of amides is 3. The maximum atomic E-state index is 12.7. The number of carbonyl (C=O) groups excluding carboxylic acids is 3. The Bertz CT molecular complexity index is 899. The van der Waals surface area contributed by atoms with E-state index in [-0.39, 0.29) is 36.7 Å². The fourth-order valence-corrected chi connectivity index (χ4v) is 3.61. The van der Waals surface area contributed by atoms with Crippen molar-refractivity contribution in [3.63, 3.8) is 0 Å². The zero-order chi connectivity index (χ0) is 20.3. The Labute approximate surface area is 172 Å². The quantitative estimate of drug-likeness (QED) is 0.612. The molecule has 3 amide bonds. The molecule has 0 fully saturated rings. The molecule has 3 rings (SSSR count). The van der Waals surface area contributed by atoms with Crippen LogP contribution in [0.2, 0.25) is 0 Å². The Kier molecular flexibility index (Phi) is 6.24. The van der Waals surface area contributed by atoms with E-state index in [1.54, 1.807) is 35.5 Å². The van der Waals surface area contributed by atoms with Crippen molar-refractivity contribution in [2.75, 3.05) is 6.54 Å². The number of imide groups is 1. The molecule has 1 aliphatic heterocycles. The first-order valence-corrected chi connectivity index (χ1v) is 10.0. The van der Waals surface area contributed by atoms with Crippen LogP contribution in [0.3, 0.4) is 0 Å². The molecular weight excluding hydrogens is 422 g/mol. The summed E-state index contributed by atoms with van der Waals surface area (Å²) in [6.07, 6.45) is 4.16. The average Bonchev–Trinajstić information content (AvgIpc) is 2.90. The molecule has 0 atom stereocenters. The smallest absolute Gasteiger partial charge is 0.261 e. The van der Waals surface area contributed by atoms with Gasteiger partial charge in [0.15, 0.2) is 0 Å². The van der Waals surface area contributed by atoms with E-state index in [0.29, 0.717) is 24.1 Å². The standard InChI is InChI=1S/C21H22BrN3O3/c1-14(2)25(13-15-5-3-9-23-12-15)19(26)6-4-10-24-20(27)17-8-7-16(22)11-18(17)21(24)28/h3,5,7-9,11-12,14H,4,6,10,13H2,1-2H3. The molecule has 7 heteroatoms. The molecule has 0 aliphatic carbocycles. The summed E-state index contributed by atoms with van der Waals surface area (Å²) in [5.41, 5.74) is 1.79. The summed E-state index contributed by atoms with van der Waals surface area (Å²) in [6, 6.07) is 8.89. The second kappa shape index (κ2) is 8.65. The van der Waals surface area contributed by atoms with Gasteiger partial charge < -0.3 is 4.90 Å². The first-order valence-electron chi connectivity index (χ1n) is 9.22. The second-order valence-corrected chi connectivity index (χ2v) is 7.95. The van der Waals surface area contributed by atoms with Gasteiger partial charge in [0.05, 0.1) is 11.1 Å². The van der Waals surface area contributed by atoms with Gasteiger partial charge in [-0.3, -0.25) is 24.3 Å². The summed E-state index contributed by atoms with van der Waals surface area (Å²) in [5.74, 6) is -0.598. The lowest BCUT2D eigenvalue weighted by molar-refractivity contribution is -0.133. The number of halogens is 1. The van der Waals surface area contributed by atoms with Gasteiger partial charge in [0.25, 0.3) is 11.8 Å². The Morgan fingerprint density at radius 2 is 1.93 bits per heavy atom. The highest BCUT2D eigenvalue weighted by Crippen LogP contribution is 2.26. The van der Waals surface area contributed by atoms with Crippen molar-refractivity contribution >= 4 is 33.7 Å². The average molecular weight is 444 g/mol. The van der Waals surface area contributed by atoms with Gasteiger partial charge in [-0.2, -0.15) is 0 Å². The molecule has 0 saturated heterocycles.